The number of hydrogen-bond donors (Lipinski definition) is 0. The van der Waals surface area contributed by atoms with Crippen LogP contribution >= 0.6 is 5.15 Å². The van der Waals surface area contributed by atoms with Crippen molar-refractivity contribution in [2.45, 2.75) is 13.8 Å². The number of carbonyl (C=O) groups excluding carboxylic acids is 1. The predicted molar refractivity (Wildman–Crippen MR) is 147 cm³/mol. The molecule has 0 heterocycles. The van der Waals surface area contributed by atoms with Gasteiger partial charge in [-0.25, -0.2) is 0 Å². The SMILES string of the molecule is CCN(CC)C(=O)c1cccc(C#[C][Au][PH](c2ccccc2)(c2ccccc2)c2ccccc2)c1. The summed E-state index contributed by atoms with van der Waals surface area (Å²) in [7, 11) is 0. The number of rotatable bonds is 7. The van der Waals surface area contributed by atoms with Gasteiger partial charge < -0.3 is 0 Å². The van der Waals surface area contributed by atoms with E-state index >= 15 is 0 Å². The zero-order valence-electron chi connectivity index (χ0n) is 20.0. The van der Waals surface area contributed by atoms with Crippen molar-refractivity contribution in [3.05, 3.63) is 126 Å². The Hall–Kier alpha value is -2.92. The molecule has 0 N–H and O–H groups in total. The summed E-state index contributed by atoms with van der Waals surface area (Å²) in [5, 5.41) is 1.87. The van der Waals surface area contributed by atoms with E-state index in [-0.39, 0.29) is 5.91 Å². The zero-order valence-corrected chi connectivity index (χ0v) is 23.2. The molecule has 1 amide bonds. The molecule has 0 atom stereocenters. The van der Waals surface area contributed by atoms with E-state index in [2.05, 4.69) is 101 Å². The molecule has 0 saturated heterocycles. The summed E-state index contributed by atoms with van der Waals surface area (Å²) in [6.45, 7) is 5.43. The first-order valence-corrected chi connectivity index (χ1v) is 18.0. The number of carbonyl (C=O) groups is 1. The molecule has 4 heteroatoms. The average Bonchev–Trinajstić information content (AvgIpc) is 2.93. The van der Waals surface area contributed by atoms with Crippen LogP contribution in [0.25, 0.3) is 0 Å². The van der Waals surface area contributed by atoms with E-state index < -0.39 is 24.4 Å². The fraction of sp³-hybridized carbons (Fsp3) is 0.129. The molecule has 181 valence electrons. The Morgan fingerprint density at radius 3 is 1.66 bits per heavy atom. The maximum absolute atomic E-state index is 12.8. The fourth-order valence-corrected chi connectivity index (χ4v) is 15.4. The average molecular weight is 661 g/mol. The molecule has 0 aromatic heterocycles. The Kier molecular flexibility index (Phi) is 8.75. The van der Waals surface area contributed by atoms with Crippen LogP contribution in [0.4, 0.5) is 0 Å². The van der Waals surface area contributed by atoms with Gasteiger partial charge in [-0.2, -0.15) is 0 Å². The van der Waals surface area contributed by atoms with Crippen LogP contribution < -0.4 is 15.9 Å². The van der Waals surface area contributed by atoms with Crippen LogP contribution in [0.3, 0.4) is 0 Å². The topological polar surface area (TPSA) is 20.3 Å². The normalized spacial score (nSPS) is 11.4. The molecule has 0 radical (unpaired) electrons. The Balaban J connectivity index is 1.77. The molecule has 0 aliphatic carbocycles. The third-order valence-electron chi connectivity index (χ3n) is 5.94. The van der Waals surface area contributed by atoms with Crippen LogP contribution in [0.15, 0.2) is 115 Å². The quantitative estimate of drug-likeness (QED) is 0.152. The van der Waals surface area contributed by atoms with Gasteiger partial charge in [0.25, 0.3) is 0 Å². The van der Waals surface area contributed by atoms with Gasteiger partial charge in [0, 0.05) is 0 Å². The van der Waals surface area contributed by atoms with Crippen LogP contribution in [0.2, 0.25) is 0 Å². The number of nitrogens with zero attached hydrogens (tertiary/aromatic N) is 1. The summed E-state index contributed by atoms with van der Waals surface area (Å²) in [5.74, 6) is 3.50. The van der Waals surface area contributed by atoms with E-state index in [4.69, 9.17) is 0 Å². The van der Waals surface area contributed by atoms with E-state index in [0.29, 0.717) is 18.7 Å². The second kappa shape index (κ2) is 12.2. The summed E-state index contributed by atoms with van der Waals surface area (Å²) in [5.41, 5.74) is 1.60. The van der Waals surface area contributed by atoms with Crippen molar-refractivity contribution in [3.63, 3.8) is 0 Å². The summed E-state index contributed by atoms with van der Waals surface area (Å²) in [6, 6.07) is 40.5. The van der Waals surface area contributed by atoms with Crippen LogP contribution in [-0.2, 0) is 19.2 Å². The number of hydrogen-bond acceptors (Lipinski definition) is 1. The fourth-order valence-electron chi connectivity index (χ4n) is 4.14. The van der Waals surface area contributed by atoms with Gasteiger partial charge in [-0.1, -0.05) is 0 Å². The summed E-state index contributed by atoms with van der Waals surface area (Å²) in [6.07, 6.45) is 0. The van der Waals surface area contributed by atoms with E-state index in [0.717, 1.165) is 5.56 Å². The van der Waals surface area contributed by atoms with E-state index in [9.17, 15) is 4.79 Å². The first-order valence-electron chi connectivity index (χ1n) is 11.8. The van der Waals surface area contributed by atoms with Crippen molar-refractivity contribution in [2.24, 2.45) is 0 Å². The van der Waals surface area contributed by atoms with Gasteiger partial charge in [0.05, 0.1) is 0 Å². The zero-order chi connectivity index (χ0) is 24.5. The van der Waals surface area contributed by atoms with E-state index in [1.807, 2.05) is 43.0 Å². The van der Waals surface area contributed by atoms with Crippen molar-refractivity contribution in [2.75, 3.05) is 13.1 Å². The Labute approximate surface area is 218 Å². The molecule has 0 saturated carbocycles. The minimum atomic E-state index is -2.29. The van der Waals surface area contributed by atoms with Gasteiger partial charge in [0.15, 0.2) is 0 Å². The molecule has 4 rings (SSSR count). The first-order chi connectivity index (χ1) is 17.2. The van der Waals surface area contributed by atoms with Gasteiger partial charge in [-0.15, -0.1) is 0 Å². The van der Waals surface area contributed by atoms with Crippen LogP contribution in [0.1, 0.15) is 29.8 Å². The first kappa shape index (κ1) is 25.2. The standard InChI is InChI=1S/C18H15P.C13H14NO.Au/c1-4-10-16(11-5-1)19(17-12-6-2-7-13-17)18-14-8-3-9-15-18;1-4-11-8-7-9-12(10-11)13(15)14(5-2)6-3;/h1-15H;7-10H,5-6H2,2-3H3;/q;;-1/p+1. The summed E-state index contributed by atoms with van der Waals surface area (Å²) in [4.78, 5) is 14.7. The second-order valence-electron chi connectivity index (χ2n) is 8.03. The van der Waals surface area contributed by atoms with Crippen molar-refractivity contribution >= 4 is 27.0 Å². The molecule has 0 bridgehead atoms. The minimum absolute atomic E-state index is 0.0637. The molecule has 0 unspecified atom stereocenters. The Bertz CT molecular complexity index is 1210. The van der Waals surface area contributed by atoms with Crippen LogP contribution in [0.5, 0.6) is 0 Å². The molecule has 35 heavy (non-hydrogen) atoms. The Morgan fingerprint density at radius 2 is 1.20 bits per heavy atom. The predicted octanol–water partition coefficient (Wildman–Crippen LogP) is 5.20. The number of amides is 1. The van der Waals surface area contributed by atoms with Crippen LogP contribution in [0, 0.1) is 10.1 Å². The maximum atomic E-state index is 12.8. The second-order valence-corrected chi connectivity index (χ2v) is 18.2. The summed E-state index contributed by atoms with van der Waals surface area (Å²) >= 11 is -0.401. The molecule has 4 aromatic carbocycles. The van der Waals surface area contributed by atoms with Gasteiger partial charge >= 0.3 is 219 Å². The summed E-state index contributed by atoms with van der Waals surface area (Å²) < 4.78 is 3.65. The van der Waals surface area contributed by atoms with Gasteiger partial charge in [0.2, 0.25) is 0 Å². The van der Waals surface area contributed by atoms with Crippen molar-refractivity contribution in [1.29, 1.82) is 0 Å². The third-order valence-corrected chi connectivity index (χ3v) is 18.6. The number of benzene rings is 4. The molecule has 4 aromatic rings. The van der Waals surface area contributed by atoms with Gasteiger partial charge in [-0.05, 0) is 0 Å². The van der Waals surface area contributed by atoms with Crippen molar-refractivity contribution in [3.8, 4) is 10.1 Å². The molecule has 2 nitrogen and oxygen atoms in total. The molecule has 0 fully saturated rings. The van der Waals surface area contributed by atoms with Gasteiger partial charge in [-0.3, -0.25) is 0 Å². The molecular formula is C31H30AuNOP. The molecule has 0 spiro atoms. The molecule has 0 aliphatic heterocycles. The van der Waals surface area contributed by atoms with Crippen molar-refractivity contribution < 1.29 is 24.0 Å². The molecule has 0 aliphatic rings. The van der Waals surface area contributed by atoms with Gasteiger partial charge in [0.1, 0.15) is 0 Å². The molecular weight excluding hydrogens is 630 g/mol. The van der Waals surface area contributed by atoms with Crippen molar-refractivity contribution in [1.82, 2.24) is 4.90 Å². The van der Waals surface area contributed by atoms with E-state index in [1.165, 1.54) is 15.9 Å². The third kappa shape index (κ3) is 5.67. The van der Waals surface area contributed by atoms with E-state index in [1.54, 1.807) is 0 Å². The van der Waals surface area contributed by atoms with Crippen LogP contribution in [-0.4, -0.2) is 23.9 Å². The monoisotopic (exact) mass is 660 g/mol. The Morgan fingerprint density at radius 1 is 0.714 bits per heavy atom.